The second kappa shape index (κ2) is 3.62. The lowest BCUT2D eigenvalue weighted by Crippen LogP contribution is -1.81. The molecule has 0 radical (unpaired) electrons. The summed E-state index contributed by atoms with van der Waals surface area (Å²) in [5.74, 6) is 0. The van der Waals surface area contributed by atoms with Crippen LogP contribution >= 0.6 is 33.9 Å². The Morgan fingerprint density at radius 3 is 2.71 bits per heavy atom. The summed E-state index contributed by atoms with van der Waals surface area (Å²) in [6.45, 7) is 0. The van der Waals surface area contributed by atoms with E-state index in [1.54, 1.807) is 12.1 Å². The van der Waals surface area contributed by atoms with Crippen molar-refractivity contribution in [1.82, 2.24) is 0 Å². The molecule has 0 fully saturated rings. The zero-order valence-electron chi connectivity index (χ0n) is 6.80. The molecule has 0 saturated carbocycles. The number of rotatable bonds is 1. The van der Waals surface area contributed by atoms with Crippen molar-refractivity contribution in [2.45, 2.75) is 6.43 Å². The second-order valence-corrected chi connectivity index (χ2v) is 4.90. The number of hydrogen-bond acceptors (Lipinski definition) is 2. The van der Waals surface area contributed by atoms with Crippen molar-refractivity contribution in [2.75, 3.05) is 0 Å². The van der Waals surface area contributed by atoms with Gasteiger partial charge in [0.15, 0.2) is 5.06 Å². The monoisotopic (exact) mass is 326 g/mol. The first kappa shape index (κ1) is 10.1. The van der Waals surface area contributed by atoms with E-state index < -0.39 is 6.43 Å². The van der Waals surface area contributed by atoms with Crippen LogP contribution in [-0.2, 0) is 0 Å². The molecule has 74 valence electrons. The Hall–Kier alpha value is -0.430. The summed E-state index contributed by atoms with van der Waals surface area (Å²) >= 11 is 3.07. The minimum atomic E-state index is -2.62. The summed E-state index contributed by atoms with van der Waals surface area (Å²) in [6.07, 6.45) is -2.62. The molecule has 1 heterocycles. The highest BCUT2D eigenvalue weighted by molar-refractivity contribution is 14.1. The first-order chi connectivity index (χ1) is 6.61. The third-order valence-corrected chi connectivity index (χ3v) is 4.23. The summed E-state index contributed by atoms with van der Waals surface area (Å²) in [6, 6.07) is 5.14. The van der Waals surface area contributed by atoms with Crippen LogP contribution in [0.4, 0.5) is 8.78 Å². The highest BCUT2D eigenvalue weighted by atomic mass is 127. The van der Waals surface area contributed by atoms with Crippen molar-refractivity contribution in [1.29, 1.82) is 0 Å². The van der Waals surface area contributed by atoms with E-state index in [1.807, 2.05) is 6.07 Å². The highest BCUT2D eigenvalue weighted by Crippen LogP contribution is 2.43. The van der Waals surface area contributed by atoms with Crippen LogP contribution in [0.15, 0.2) is 18.2 Å². The van der Waals surface area contributed by atoms with Crippen molar-refractivity contribution < 1.29 is 13.9 Å². The second-order valence-electron chi connectivity index (χ2n) is 2.74. The molecule has 0 aliphatic heterocycles. The van der Waals surface area contributed by atoms with Crippen molar-refractivity contribution in [2.24, 2.45) is 0 Å². The number of halogens is 3. The molecule has 0 amide bonds. The maximum Gasteiger partial charge on any atom is 0.268 e. The van der Waals surface area contributed by atoms with Gasteiger partial charge in [0.1, 0.15) is 0 Å². The van der Waals surface area contributed by atoms with Crippen LogP contribution in [0.3, 0.4) is 0 Å². The molecule has 0 aliphatic carbocycles. The fourth-order valence-electron chi connectivity index (χ4n) is 1.30. The largest absolute Gasteiger partial charge is 0.499 e. The number of alkyl halides is 2. The molecule has 2 aromatic rings. The quantitative estimate of drug-likeness (QED) is 0.781. The van der Waals surface area contributed by atoms with Gasteiger partial charge in [-0.05, 0) is 28.7 Å². The Labute approximate surface area is 96.5 Å². The normalized spacial score (nSPS) is 11.4. The lowest BCUT2D eigenvalue weighted by Gasteiger charge is -1.97. The minimum absolute atomic E-state index is 0.247. The summed E-state index contributed by atoms with van der Waals surface area (Å²) < 4.78 is 26.7. The van der Waals surface area contributed by atoms with Gasteiger partial charge in [0, 0.05) is 8.96 Å². The van der Waals surface area contributed by atoms with Gasteiger partial charge in [0.25, 0.3) is 6.43 Å². The molecular formula is C9H5F2IOS. The Morgan fingerprint density at radius 2 is 2.07 bits per heavy atom. The van der Waals surface area contributed by atoms with Gasteiger partial charge in [-0.3, -0.25) is 0 Å². The van der Waals surface area contributed by atoms with Crippen LogP contribution < -0.4 is 0 Å². The van der Waals surface area contributed by atoms with E-state index in [4.69, 9.17) is 0 Å². The van der Waals surface area contributed by atoms with Crippen LogP contribution in [-0.4, -0.2) is 5.11 Å². The predicted octanol–water partition coefficient (Wildman–Crippen LogP) is 4.15. The van der Waals surface area contributed by atoms with E-state index in [9.17, 15) is 13.9 Å². The van der Waals surface area contributed by atoms with E-state index in [0.717, 1.165) is 19.6 Å². The average molecular weight is 326 g/mol. The molecule has 0 bridgehead atoms. The molecule has 1 aromatic heterocycles. The van der Waals surface area contributed by atoms with E-state index in [-0.39, 0.29) is 10.6 Å². The van der Waals surface area contributed by atoms with Gasteiger partial charge in [0.2, 0.25) is 0 Å². The zero-order valence-corrected chi connectivity index (χ0v) is 9.77. The van der Waals surface area contributed by atoms with Crippen molar-refractivity contribution in [3.8, 4) is 5.06 Å². The van der Waals surface area contributed by atoms with Crippen LogP contribution in [0.1, 0.15) is 12.0 Å². The number of hydrogen-bond donors (Lipinski definition) is 1. The fourth-order valence-corrected chi connectivity index (χ4v) is 3.09. The topological polar surface area (TPSA) is 20.2 Å². The van der Waals surface area contributed by atoms with E-state index in [2.05, 4.69) is 22.6 Å². The van der Waals surface area contributed by atoms with Gasteiger partial charge in [-0.15, -0.1) is 0 Å². The molecule has 0 atom stereocenters. The molecule has 2 rings (SSSR count). The predicted molar refractivity (Wildman–Crippen MR) is 61.2 cm³/mol. The van der Waals surface area contributed by atoms with Crippen LogP contribution in [0.2, 0.25) is 0 Å². The number of fused-ring (bicyclic) bond motifs is 1. The molecule has 1 N–H and O–H groups in total. The van der Waals surface area contributed by atoms with Crippen LogP contribution in [0.5, 0.6) is 5.06 Å². The number of aromatic hydroxyl groups is 1. The standard InChI is InChI=1S/C9H5F2IOS/c10-8(11)6-4-2-1-3-5(12)7(4)14-9(6)13/h1-3,8,13H. The Morgan fingerprint density at radius 1 is 1.36 bits per heavy atom. The van der Waals surface area contributed by atoms with Crippen molar-refractivity contribution >= 4 is 44.0 Å². The van der Waals surface area contributed by atoms with Gasteiger partial charge >= 0.3 is 0 Å². The van der Waals surface area contributed by atoms with Gasteiger partial charge in [-0.2, -0.15) is 0 Å². The molecule has 14 heavy (non-hydrogen) atoms. The van der Waals surface area contributed by atoms with Gasteiger partial charge < -0.3 is 5.11 Å². The molecule has 1 nitrogen and oxygen atoms in total. The summed E-state index contributed by atoms with van der Waals surface area (Å²) in [5, 5.41) is 9.54. The lowest BCUT2D eigenvalue weighted by atomic mass is 10.2. The molecular weight excluding hydrogens is 321 g/mol. The number of benzene rings is 1. The molecule has 0 spiro atoms. The SMILES string of the molecule is Oc1sc2c(I)cccc2c1C(F)F. The Bertz CT molecular complexity index is 481. The summed E-state index contributed by atoms with van der Waals surface area (Å²) in [4.78, 5) is 0. The molecule has 1 aromatic carbocycles. The third-order valence-electron chi connectivity index (χ3n) is 1.90. The lowest BCUT2D eigenvalue weighted by molar-refractivity contribution is 0.150. The zero-order chi connectivity index (χ0) is 10.3. The molecule has 0 unspecified atom stereocenters. The first-order valence-electron chi connectivity index (χ1n) is 3.79. The molecule has 0 aliphatic rings. The van der Waals surface area contributed by atoms with Crippen LogP contribution in [0, 0.1) is 3.57 Å². The summed E-state index contributed by atoms with van der Waals surface area (Å²) in [7, 11) is 0. The van der Waals surface area contributed by atoms with Gasteiger partial charge in [0.05, 0.1) is 10.3 Å². The minimum Gasteiger partial charge on any atom is -0.499 e. The summed E-state index contributed by atoms with van der Waals surface area (Å²) in [5.41, 5.74) is -0.247. The highest BCUT2D eigenvalue weighted by Gasteiger charge is 2.20. The maximum atomic E-state index is 12.6. The van der Waals surface area contributed by atoms with Gasteiger partial charge in [-0.1, -0.05) is 23.5 Å². The van der Waals surface area contributed by atoms with Crippen LogP contribution in [0.25, 0.3) is 10.1 Å². The third kappa shape index (κ3) is 1.48. The van der Waals surface area contributed by atoms with E-state index in [0.29, 0.717) is 5.39 Å². The van der Waals surface area contributed by atoms with Gasteiger partial charge in [-0.25, -0.2) is 8.78 Å². The number of thiophene rings is 1. The Balaban J connectivity index is 2.83. The average Bonchev–Trinajstić information content (AvgIpc) is 2.42. The smallest absolute Gasteiger partial charge is 0.268 e. The fraction of sp³-hybridized carbons (Fsp3) is 0.111. The Kier molecular flexibility index (Phi) is 2.61. The first-order valence-corrected chi connectivity index (χ1v) is 5.69. The molecule has 5 heteroatoms. The van der Waals surface area contributed by atoms with Crippen molar-refractivity contribution in [3.05, 3.63) is 27.3 Å². The maximum absolute atomic E-state index is 12.6. The van der Waals surface area contributed by atoms with E-state index >= 15 is 0 Å². The molecule has 0 saturated heterocycles. The van der Waals surface area contributed by atoms with Crippen molar-refractivity contribution in [3.63, 3.8) is 0 Å². The van der Waals surface area contributed by atoms with E-state index in [1.165, 1.54) is 0 Å².